The Kier molecular flexibility index (Phi) is 7.25. The summed E-state index contributed by atoms with van der Waals surface area (Å²) in [6, 6.07) is -0.0715. The highest BCUT2D eigenvalue weighted by molar-refractivity contribution is 5.74. The van der Waals surface area contributed by atoms with Crippen LogP contribution in [-0.2, 0) is 9.53 Å². The van der Waals surface area contributed by atoms with Gasteiger partial charge in [0.2, 0.25) is 0 Å². The van der Waals surface area contributed by atoms with E-state index in [1.807, 2.05) is 6.92 Å². The number of carboxylic acid groups (broad SMARTS) is 1. The standard InChI is InChI=1S/C13H24N2O4/c1-2-19-9-3-8-14-13(18)15-11-6-4-10(5-7-11)12(16)17/h10-11H,2-9H2,1H3,(H,16,17)(H2,14,15,18). The monoisotopic (exact) mass is 272 g/mol. The smallest absolute Gasteiger partial charge is 0.315 e. The molecule has 1 saturated carbocycles. The lowest BCUT2D eigenvalue weighted by molar-refractivity contribution is -0.142. The first-order chi connectivity index (χ1) is 9.13. The van der Waals surface area contributed by atoms with E-state index in [0.717, 1.165) is 19.3 Å². The first-order valence-electron chi connectivity index (χ1n) is 6.98. The number of ether oxygens (including phenoxy) is 1. The maximum absolute atomic E-state index is 11.6. The highest BCUT2D eigenvalue weighted by atomic mass is 16.5. The molecule has 0 aliphatic heterocycles. The van der Waals surface area contributed by atoms with E-state index in [4.69, 9.17) is 9.84 Å². The van der Waals surface area contributed by atoms with Crippen LogP contribution in [0.3, 0.4) is 0 Å². The minimum atomic E-state index is -0.723. The number of amides is 2. The zero-order chi connectivity index (χ0) is 14.1. The average molecular weight is 272 g/mol. The molecular weight excluding hydrogens is 248 g/mol. The van der Waals surface area contributed by atoms with Crippen LogP contribution in [0.25, 0.3) is 0 Å². The minimum absolute atomic E-state index is 0.0995. The number of nitrogens with one attached hydrogen (secondary N) is 2. The third-order valence-corrected chi connectivity index (χ3v) is 3.37. The number of hydrogen-bond donors (Lipinski definition) is 3. The lowest BCUT2D eigenvalue weighted by atomic mass is 9.86. The van der Waals surface area contributed by atoms with Crippen LogP contribution in [0.15, 0.2) is 0 Å². The second kappa shape index (κ2) is 8.74. The Morgan fingerprint density at radius 2 is 1.95 bits per heavy atom. The molecule has 0 aromatic rings. The first kappa shape index (κ1) is 15.8. The number of hydrogen-bond acceptors (Lipinski definition) is 3. The summed E-state index contributed by atoms with van der Waals surface area (Å²) in [7, 11) is 0. The Morgan fingerprint density at radius 3 is 2.53 bits per heavy atom. The third kappa shape index (κ3) is 6.42. The van der Waals surface area contributed by atoms with Crippen molar-refractivity contribution in [3.63, 3.8) is 0 Å². The molecule has 1 rings (SSSR count). The van der Waals surface area contributed by atoms with Crippen molar-refractivity contribution < 1.29 is 19.4 Å². The van der Waals surface area contributed by atoms with Crippen molar-refractivity contribution in [1.29, 1.82) is 0 Å². The topological polar surface area (TPSA) is 87.7 Å². The zero-order valence-corrected chi connectivity index (χ0v) is 11.5. The van der Waals surface area contributed by atoms with Crippen LogP contribution in [0.4, 0.5) is 4.79 Å². The maximum atomic E-state index is 11.6. The molecule has 0 radical (unpaired) electrons. The second-order valence-corrected chi connectivity index (χ2v) is 4.84. The quantitative estimate of drug-likeness (QED) is 0.611. The molecule has 6 nitrogen and oxygen atoms in total. The molecule has 0 bridgehead atoms. The predicted octanol–water partition coefficient (Wildman–Crippen LogP) is 1.36. The van der Waals surface area contributed by atoms with Gasteiger partial charge in [-0.15, -0.1) is 0 Å². The van der Waals surface area contributed by atoms with Crippen LogP contribution >= 0.6 is 0 Å². The Labute approximate surface area is 113 Å². The highest BCUT2D eigenvalue weighted by Gasteiger charge is 2.26. The molecule has 1 aliphatic rings. The van der Waals surface area contributed by atoms with Crippen molar-refractivity contribution in [2.24, 2.45) is 5.92 Å². The van der Waals surface area contributed by atoms with Gasteiger partial charge in [-0.1, -0.05) is 0 Å². The van der Waals surface area contributed by atoms with Gasteiger partial charge in [0.1, 0.15) is 0 Å². The van der Waals surface area contributed by atoms with Gasteiger partial charge in [0, 0.05) is 25.8 Å². The van der Waals surface area contributed by atoms with Gasteiger partial charge >= 0.3 is 12.0 Å². The van der Waals surface area contributed by atoms with Crippen LogP contribution < -0.4 is 10.6 Å². The van der Waals surface area contributed by atoms with E-state index in [-0.39, 0.29) is 18.0 Å². The average Bonchev–Trinajstić information content (AvgIpc) is 2.39. The molecule has 1 fully saturated rings. The first-order valence-corrected chi connectivity index (χ1v) is 6.98. The van der Waals surface area contributed by atoms with E-state index in [0.29, 0.717) is 32.6 Å². The molecule has 19 heavy (non-hydrogen) atoms. The summed E-state index contributed by atoms with van der Waals surface area (Å²) >= 11 is 0. The lowest BCUT2D eigenvalue weighted by Crippen LogP contribution is -2.44. The lowest BCUT2D eigenvalue weighted by Gasteiger charge is -2.26. The van der Waals surface area contributed by atoms with Crippen LogP contribution in [-0.4, -0.2) is 42.9 Å². The van der Waals surface area contributed by atoms with E-state index in [1.54, 1.807) is 0 Å². The van der Waals surface area contributed by atoms with E-state index < -0.39 is 5.97 Å². The normalized spacial score (nSPS) is 22.8. The molecule has 0 spiro atoms. The number of rotatable bonds is 7. The fourth-order valence-corrected chi connectivity index (χ4v) is 2.24. The molecule has 2 amide bonds. The summed E-state index contributed by atoms with van der Waals surface area (Å²) in [4.78, 5) is 22.4. The van der Waals surface area contributed by atoms with Crippen molar-refractivity contribution in [2.45, 2.75) is 45.1 Å². The molecule has 110 valence electrons. The van der Waals surface area contributed by atoms with Gasteiger partial charge in [-0.2, -0.15) is 0 Å². The fourth-order valence-electron chi connectivity index (χ4n) is 2.24. The van der Waals surface area contributed by atoms with Gasteiger partial charge in [-0.3, -0.25) is 4.79 Å². The number of carbonyl (C=O) groups is 2. The van der Waals surface area contributed by atoms with Crippen molar-refractivity contribution >= 4 is 12.0 Å². The van der Waals surface area contributed by atoms with Crippen molar-refractivity contribution in [2.75, 3.05) is 19.8 Å². The Balaban J connectivity index is 2.08. The number of carbonyl (C=O) groups excluding carboxylic acids is 1. The molecule has 0 aromatic heterocycles. The van der Waals surface area contributed by atoms with Gasteiger partial charge in [0.25, 0.3) is 0 Å². The SMILES string of the molecule is CCOCCCNC(=O)NC1CCC(C(=O)O)CC1. The molecule has 3 N–H and O–H groups in total. The van der Waals surface area contributed by atoms with Crippen LogP contribution in [0.1, 0.15) is 39.0 Å². The molecule has 6 heteroatoms. The summed E-state index contributed by atoms with van der Waals surface area (Å²) < 4.78 is 5.17. The minimum Gasteiger partial charge on any atom is -0.481 e. The Hall–Kier alpha value is -1.30. The largest absolute Gasteiger partial charge is 0.481 e. The van der Waals surface area contributed by atoms with Crippen molar-refractivity contribution in [1.82, 2.24) is 10.6 Å². The Morgan fingerprint density at radius 1 is 1.26 bits per heavy atom. The zero-order valence-electron chi connectivity index (χ0n) is 11.5. The van der Waals surface area contributed by atoms with E-state index in [9.17, 15) is 9.59 Å². The van der Waals surface area contributed by atoms with Gasteiger partial charge in [0.15, 0.2) is 0 Å². The summed E-state index contributed by atoms with van der Waals surface area (Å²) in [6.45, 7) is 3.88. The maximum Gasteiger partial charge on any atom is 0.315 e. The van der Waals surface area contributed by atoms with Crippen LogP contribution in [0, 0.1) is 5.92 Å². The van der Waals surface area contributed by atoms with E-state index in [2.05, 4.69) is 10.6 Å². The Bertz CT molecular complexity index is 288. The molecule has 0 atom stereocenters. The summed E-state index contributed by atoms with van der Waals surface area (Å²) in [5.74, 6) is -0.967. The van der Waals surface area contributed by atoms with Gasteiger partial charge in [0.05, 0.1) is 5.92 Å². The van der Waals surface area contributed by atoms with Crippen molar-refractivity contribution in [3.05, 3.63) is 0 Å². The van der Waals surface area contributed by atoms with E-state index >= 15 is 0 Å². The predicted molar refractivity (Wildman–Crippen MR) is 71.0 cm³/mol. The highest BCUT2D eigenvalue weighted by Crippen LogP contribution is 2.24. The molecule has 0 unspecified atom stereocenters. The van der Waals surface area contributed by atoms with Crippen LogP contribution in [0.2, 0.25) is 0 Å². The van der Waals surface area contributed by atoms with Gasteiger partial charge in [-0.05, 0) is 39.0 Å². The molecular formula is C13H24N2O4. The summed E-state index contributed by atoms with van der Waals surface area (Å²) in [6.07, 6.45) is 3.56. The van der Waals surface area contributed by atoms with E-state index in [1.165, 1.54) is 0 Å². The van der Waals surface area contributed by atoms with Crippen LogP contribution in [0.5, 0.6) is 0 Å². The van der Waals surface area contributed by atoms with Crippen molar-refractivity contribution in [3.8, 4) is 0 Å². The second-order valence-electron chi connectivity index (χ2n) is 4.84. The molecule has 0 saturated heterocycles. The number of aliphatic carboxylic acids is 1. The molecule has 0 heterocycles. The van der Waals surface area contributed by atoms with Gasteiger partial charge in [-0.25, -0.2) is 4.79 Å². The summed E-state index contributed by atoms with van der Waals surface area (Å²) in [5, 5.41) is 14.5. The molecule has 0 aromatic carbocycles. The third-order valence-electron chi connectivity index (χ3n) is 3.37. The van der Waals surface area contributed by atoms with Gasteiger partial charge < -0.3 is 20.5 Å². The fraction of sp³-hybridized carbons (Fsp3) is 0.846. The molecule has 1 aliphatic carbocycles. The number of urea groups is 1. The number of carboxylic acids is 1. The summed E-state index contributed by atoms with van der Waals surface area (Å²) in [5.41, 5.74) is 0.